The molecule has 1 atom stereocenters. The van der Waals surface area contributed by atoms with Crippen LogP contribution in [-0.4, -0.2) is 55.6 Å². The van der Waals surface area contributed by atoms with E-state index in [-0.39, 0.29) is 18.2 Å². The first-order chi connectivity index (χ1) is 15.9. The minimum Gasteiger partial charge on any atom is -0.396 e. The molecule has 0 saturated carbocycles. The number of aliphatic hydroxyl groups is 1. The van der Waals surface area contributed by atoms with Crippen molar-refractivity contribution in [1.29, 1.82) is 5.26 Å². The van der Waals surface area contributed by atoms with Crippen molar-refractivity contribution < 1.29 is 9.84 Å². The van der Waals surface area contributed by atoms with E-state index < -0.39 is 0 Å². The molecule has 0 radical (unpaired) electrons. The second-order valence-electron chi connectivity index (χ2n) is 9.67. The minimum atomic E-state index is -0.309. The molecule has 1 saturated heterocycles. The highest BCUT2D eigenvalue weighted by atomic mass is 16.5. The molecule has 0 aromatic heterocycles. The molecule has 6 heteroatoms. The lowest BCUT2D eigenvalue weighted by molar-refractivity contribution is -0.125. The fraction of sp³-hybridized carbons (Fsp3) is 0.444. The summed E-state index contributed by atoms with van der Waals surface area (Å²) in [5.41, 5.74) is 3.64. The van der Waals surface area contributed by atoms with Gasteiger partial charge < -0.3 is 20.5 Å². The van der Waals surface area contributed by atoms with Crippen molar-refractivity contribution in [3.8, 4) is 17.2 Å². The van der Waals surface area contributed by atoms with Crippen LogP contribution in [-0.2, 0) is 4.74 Å². The molecule has 2 aliphatic rings. The summed E-state index contributed by atoms with van der Waals surface area (Å²) in [5.74, 6) is 0. The van der Waals surface area contributed by atoms with Crippen molar-refractivity contribution in [3.05, 3.63) is 52.4 Å². The SMILES string of the molecule is COC(N1CCC(Nc2cc(-c3cccc(C#N)c3)cc3c2=CNCC=3)CC1)C(C)(C)CO. The van der Waals surface area contributed by atoms with Gasteiger partial charge in [-0.1, -0.05) is 32.1 Å². The van der Waals surface area contributed by atoms with E-state index in [1.165, 1.54) is 10.4 Å². The second kappa shape index (κ2) is 9.96. The molecule has 0 amide bonds. The lowest BCUT2D eigenvalue weighted by Gasteiger charge is -2.43. The molecular formula is C27H34N4O2. The van der Waals surface area contributed by atoms with Crippen LogP contribution in [0.2, 0.25) is 0 Å². The van der Waals surface area contributed by atoms with E-state index in [1.54, 1.807) is 7.11 Å². The first kappa shape index (κ1) is 23.3. The summed E-state index contributed by atoms with van der Waals surface area (Å²) in [7, 11) is 1.73. The molecule has 1 fully saturated rings. The molecule has 4 rings (SSSR count). The van der Waals surface area contributed by atoms with E-state index in [9.17, 15) is 10.4 Å². The number of hydrogen-bond donors (Lipinski definition) is 3. The predicted octanol–water partition coefficient (Wildman–Crippen LogP) is 2.21. The Morgan fingerprint density at radius 3 is 2.73 bits per heavy atom. The van der Waals surface area contributed by atoms with Gasteiger partial charge in [0, 0.05) is 55.3 Å². The summed E-state index contributed by atoms with van der Waals surface area (Å²) < 4.78 is 5.76. The van der Waals surface area contributed by atoms with Gasteiger partial charge in [-0.05, 0) is 53.5 Å². The van der Waals surface area contributed by atoms with E-state index in [4.69, 9.17) is 4.74 Å². The van der Waals surface area contributed by atoms with E-state index in [0.29, 0.717) is 11.6 Å². The van der Waals surface area contributed by atoms with E-state index >= 15 is 0 Å². The molecule has 2 aromatic carbocycles. The zero-order valence-corrected chi connectivity index (χ0v) is 19.8. The van der Waals surface area contributed by atoms with Crippen LogP contribution in [0.4, 0.5) is 5.69 Å². The fourth-order valence-electron chi connectivity index (χ4n) is 4.93. The average Bonchev–Trinajstić information content (AvgIpc) is 2.85. The number of anilines is 1. The molecule has 3 N–H and O–H groups in total. The zero-order valence-electron chi connectivity index (χ0n) is 19.8. The van der Waals surface area contributed by atoms with Crippen LogP contribution in [0.25, 0.3) is 23.4 Å². The normalized spacial score (nSPS) is 17.7. The minimum absolute atomic E-state index is 0.0922. The smallest absolute Gasteiger partial charge is 0.117 e. The van der Waals surface area contributed by atoms with E-state index in [2.05, 4.69) is 52.1 Å². The van der Waals surface area contributed by atoms with Crippen molar-refractivity contribution in [2.24, 2.45) is 5.41 Å². The standard InChI is InChI=1S/C27H34N4O2/c1-27(2,18-32)26(33-3)31-11-8-23(9-12-31)30-25-15-22(14-21-7-10-29-17-24(21)25)20-6-4-5-19(13-20)16-28/h4-7,13-15,17,23,26,29-30,32H,8-12,18H2,1-3H3. The van der Waals surface area contributed by atoms with Crippen LogP contribution in [0.1, 0.15) is 32.3 Å². The zero-order chi connectivity index (χ0) is 23.4. The fourth-order valence-corrected chi connectivity index (χ4v) is 4.93. The van der Waals surface area contributed by atoms with Crippen LogP contribution >= 0.6 is 0 Å². The Morgan fingerprint density at radius 1 is 1.24 bits per heavy atom. The van der Waals surface area contributed by atoms with Crippen molar-refractivity contribution in [1.82, 2.24) is 10.2 Å². The first-order valence-electron chi connectivity index (χ1n) is 11.7. The molecule has 0 aliphatic carbocycles. The molecule has 2 heterocycles. The number of fused-ring (bicyclic) bond motifs is 1. The lowest BCUT2D eigenvalue weighted by Crippen LogP contribution is -2.52. The Hall–Kier alpha value is -2.85. The number of hydrogen-bond acceptors (Lipinski definition) is 6. The number of nitrogens with one attached hydrogen (secondary N) is 2. The number of rotatable bonds is 7. The topological polar surface area (TPSA) is 80.5 Å². The summed E-state index contributed by atoms with van der Waals surface area (Å²) >= 11 is 0. The van der Waals surface area contributed by atoms with Crippen LogP contribution in [0, 0.1) is 16.7 Å². The Bertz CT molecular complexity index is 1140. The Morgan fingerprint density at radius 2 is 2.03 bits per heavy atom. The highest BCUT2D eigenvalue weighted by Crippen LogP contribution is 2.28. The molecule has 2 aromatic rings. The van der Waals surface area contributed by atoms with Crippen molar-refractivity contribution in [2.45, 2.75) is 39.0 Å². The van der Waals surface area contributed by atoms with Gasteiger partial charge in [-0.25, -0.2) is 0 Å². The third kappa shape index (κ3) is 5.06. The maximum atomic E-state index is 9.79. The van der Waals surface area contributed by atoms with Crippen molar-refractivity contribution >= 4 is 18.0 Å². The maximum absolute atomic E-state index is 9.79. The van der Waals surface area contributed by atoms with Crippen LogP contribution in [0.5, 0.6) is 0 Å². The highest BCUT2D eigenvalue weighted by molar-refractivity contribution is 5.71. The number of methoxy groups -OCH3 is 1. The molecule has 6 nitrogen and oxygen atoms in total. The van der Waals surface area contributed by atoms with Gasteiger partial charge in [0.25, 0.3) is 0 Å². The average molecular weight is 447 g/mol. The van der Waals surface area contributed by atoms with Gasteiger partial charge in [0.05, 0.1) is 18.2 Å². The third-order valence-corrected chi connectivity index (χ3v) is 6.74. The molecule has 2 aliphatic heterocycles. The highest BCUT2D eigenvalue weighted by Gasteiger charge is 2.35. The van der Waals surface area contributed by atoms with Gasteiger partial charge in [0.2, 0.25) is 0 Å². The number of benzene rings is 2. The maximum Gasteiger partial charge on any atom is 0.117 e. The summed E-state index contributed by atoms with van der Waals surface area (Å²) in [6.45, 7) is 6.83. The summed E-state index contributed by atoms with van der Waals surface area (Å²) in [5, 5.41) is 28.6. The Balaban J connectivity index is 1.56. The largest absolute Gasteiger partial charge is 0.396 e. The monoisotopic (exact) mass is 446 g/mol. The third-order valence-electron chi connectivity index (χ3n) is 6.74. The van der Waals surface area contributed by atoms with Gasteiger partial charge in [-0.15, -0.1) is 0 Å². The van der Waals surface area contributed by atoms with Gasteiger partial charge in [0.15, 0.2) is 0 Å². The summed E-state index contributed by atoms with van der Waals surface area (Å²) in [6.07, 6.45) is 6.20. The van der Waals surface area contributed by atoms with Gasteiger partial charge in [-0.2, -0.15) is 5.26 Å². The quantitative estimate of drug-likeness (QED) is 0.605. The van der Waals surface area contributed by atoms with Crippen LogP contribution in [0.3, 0.4) is 0 Å². The number of ether oxygens (including phenoxy) is 1. The Labute approximate surface area is 196 Å². The molecule has 174 valence electrons. The Kier molecular flexibility index (Phi) is 7.04. The van der Waals surface area contributed by atoms with Gasteiger partial charge in [-0.3, -0.25) is 4.90 Å². The summed E-state index contributed by atoms with van der Waals surface area (Å²) in [4.78, 5) is 2.34. The molecule has 1 unspecified atom stereocenters. The number of nitriles is 1. The van der Waals surface area contributed by atoms with Crippen molar-refractivity contribution in [2.75, 3.05) is 38.7 Å². The van der Waals surface area contributed by atoms with Crippen LogP contribution < -0.4 is 21.1 Å². The molecular weight excluding hydrogens is 412 g/mol. The number of nitrogens with zero attached hydrogens (tertiary/aromatic N) is 2. The number of aliphatic hydroxyl groups excluding tert-OH is 1. The molecule has 0 spiro atoms. The van der Waals surface area contributed by atoms with Crippen LogP contribution in [0.15, 0.2) is 36.4 Å². The first-order valence-corrected chi connectivity index (χ1v) is 11.7. The second-order valence-corrected chi connectivity index (χ2v) is 9.67. The van der Waals surface area contributed by atoms with Crippen molar-refractivity contribution in [3.63, 3.8) is 0 Å². The molecule has 33 heavy (non-hydrogen) atoms. The van der Waals surface area contributed by atoms with E-state index in [1.807, 2.05) is 32.0 Å². The van der Waals surface area contributed by atoms with E-state index in [0.717, 1.165) is 49.3 Å². The number of piperidine rings is 1. The molecule has 0 bridgehead atoms. The van der Waals surface area contributed by atoms with Gasteiger partial charge in [0.1, 0.15) is 6.23 Å². The predicted molar refractivity (Wildman–Crippen MR) is 133 cm³/mol. The van der Waals surface area contributed by atoms with Gasteiger partial charge >= 0.3 is 0 Å². The lowest BCUT2D eigenvalue weighted by atomic mass is 9.89. The summed E-state index contributed by atoms with van der Waals surface area (Å²) in [6, 6.07) is 14.8. The number of likely N-dealkylation sites (tertiary alicyclic amines) is 1.